The van der Waals surface area contributed by atoms with Crippen LogP contribution in [0.15, 0.2) is 5.03 Å². The molecule has 3 rings (SSSR count). The highest BCUT2D eigenvalue weighted by atomic mass is 32.2. The summed E-state index contributed by atoms with van der Waals surface area (Å²) in [6.07, 6.45) is 3.18. The zero-order valence-electron chi connectivity index (χ0n) is 17.5. The lowest BCUT2D eigenvalue weighted by Crippen LogP contribution is -2.43. The van der Waals surface area contributed by atoms with Crippen molar-refractivity contribution in [2.24, 2.45) is 0 Å². The standard InChI is InChI=1S/C18H26N6O4S/c1-10(11-8-7-9-23(11)17(26)28-18(2,3)4)24-14-12(21-22-24)15(29-6)20-13(19-14)16(25)27-5/h10-11H,7-9H2,1-6H3/t10-,11-/m0/s1. The minimum atomic E-state index is -0.626. The molecule has 29 heavy (non-hydrogen) atoms. The number of esters is 1. The number of rotatable bonds is 4. The van der Waals surface area contributed by atoms with E-state index in [1.165, 1.54) is 18.9 Å². The first kappa shape index (κ1) is 21.3. The van der Waals surface area contributed by atoms with Gasteiger partial charge in [-0.3, -0.25) is 0 Å². The van der Waals surface area contributed by atoms with Crippen molar-refractivity contribution in [1.29, 1.82) is 0 Å². The van der Waals surface area contributed by atoms with Gasteiger partial charge < -0.3 is 14.4 Å². The lowest BCUT2D eigenvalue weighted by Gasteiger charge is -2.31. The Labute approximate surface area is 173 Å². The molecule has 3 heterocycles. The van der Waals surface area contributed by atoms with E-state index < -0.39 is 11.6 Å². The van der Waals surface area contributed by atoms with Gasteiger partial charge >= 0.3 is 12.1 Å². The number of ether oxygens (including phenoxy) is 2. The van der Waals surface area contributed by atoms with Gasteiger partial charge in [0.25, 0.3) is 0 Å². The van der Waals surface area contributed by atoms with Crippen molar-refractivity contribution < 1.29 is 19.1 Å². The fourth-order valence-electron chi connectivity index (χ4n) is 3.41. The predicted molar refractivity (Wildman–Crippen MR) is 107 cm³/mol. The molecule has 10 nitrogen and oxygen atoms in total. The second kappa shape index (κ2) is 8.13. The molecule has 0 radical (unpaired) electrons. The Balaban J connectivity index is 1.97. The maximum atomic E-state index is 12.7. The number of nitrogens with zero attached hydrogens (tertiary/aromatic N) is 6. The quantitative estimate of drug-likeness (QED) is 0.417. The van der Waals surface area contributed by atoms with Gasteiger partial charge in [0.15, 0.2) is 11.2 Å². The van der Waals surface area contributed by atoms with E-state index in [0.717, 1.165) is 12.8 Å². The third-order valence-corrected chi connectivity index (χ3v) is 5.39. The molecule has 0 unspecified atom stereocenters. The third-order valence-electron chi connectivity index (χ3n) is 4.72. The first-order chi connectivity index (χ1) is 13.7. The summed E-state index contributed by atoms with van der Waals surface area (Å²) in [6, 6.07) is -0.339. The van der Waals surface area contributed by atoms with Crippen LogP contribution in [-0.4, -0.2) is 73.5 Å². The summed E-state index contributed by atoms with van der Waals surface area (Å²) in [5, 5.41) is 9.03. The monoisotopic (exact) mass is 422 g/mol. The highest BCUT2D eigenvalue weighted by molar-refractivity contribution is 7.98. The molecule has 1 amide bonds. The number of thioether (sulfide) groups is 1. The fourth-order valence-corrected chi connectivity index (χ4v) is 3.91. The van der Waals surface area contributed by atoms with Gasteiger partial charge in [-0.2, -0.15) is 0 Å². The van der Waals surface area contributed by atoms with Crippen molar-refractivity contribution in [3.05, 3.63) is 5.82 Å². The molecular formula is C18H26N6O4S. The Morgan fingerprint density at radius 2 is 2.00 bits per heavy atom. The van der Waals surface area contributed by atoms with Crippen LogP contribution in [0, 0.1) is 0 Å². The van der Waals surface area contributed by atoms with E-state index >= 15 is 0 Å². The molecular weight excluding hydrogens is 396 g/mol. The maximum absolute atomic E-state index is 12.7. The number of carbonyl (C=O) groups is 2. The second-order valence-corrected chi connectivity index (χ2v) is 8.67. The van der Waals surface area contributed by atoms with Crippen LogP contribution in [0.2, 0.25) is 0 Å². The number of aromatic nitrogens is 5. The van der Waals surface area contributed by atoms with Crippen molar-refractivity contribution in [3.8, 4) is 0 Å². The molecule has 2 atom stereocenters. The van der Waals surface area contributed by atoms with Gasteiger partial charge in [-0.05, 0) is 46.8 Å². The van der Waals surface area contributed by atoms with Gasteiger partial charge in [0.05, 0.1) is 19.2 Å². The molecule has 1 saturated heterocycles. The molecule has 0 N–H and O–H groups in total. The highest BCUT2D eigenvalue weighted by Gasteiger charge is 2.37. The molecule has 11 heteroatoms. The molecule has 0 aliphatic carbocycles. The van der Waals surface area contributed by atoms with E-state index in [1.54, 1.807) is 9.58 Å². The van der Waals surface area contributed by atoms with Gasteiger partial charge in [-0.1, -0.05) is 5.21 Å². The van der Waals surface area contributed by atoms with Gasteiger partial charge in [0.2, 0.25) is 5.82 Å². The van der Waals surface area contributed by atoms with Crippen LogP contribution in [0.3, 0.4) is 0 Å². The lowest BCUT2D eigenvalue weighted by atomic mass is 10.1. The van der Waals surface area contributed by atoms with Crippen LogP contribution >= 0.6 is 11.8 Å². The summed E-state index contributed by atoms with van der Waals surface area (Å²) >= 11 is 1.35. The number of likely N-dealkylation sites (tertiary alicyclic amines) is 1. The van der Waals surface area contributed by atoms with Gasteiger partial charge in [0.1, 0.15) is 10.6 Å². The molecule has 0 saturated carbocycles. The Kier molecular flexibility index (Phi) is 5.97. The Morgan fingerprint density at radius 3 is 2.62 bits per heavy atom. The molecule has 0 spiro atoms. The first-order valence-corrected chi connectivity index (χ1v) is 10.6. The Morgan fingerprint density at radius 1 is 1.28 bits per heavy atom. The van der Waals surface area contributed by atoms with Crippen molar-refractivity contribution in [3.63, 3.8) is 0 Å². The normalized spacial score (nSPS) is 18.1. The maximum Gasteiger partial charge on any atom is 0.410 e. The van der Waals surface area contributed by atoms with Gasteiger partial charge in [0, 0.05) is 6.54 Å². The van der Waals surface area contributed by atoms with Crippen LogP contribution < -0.4 is 0 Å². The molecule has 1 aliphatic rings. The van der Waals surface area contributed by atoms with Gasteiger partial charge in [-0.25, -0.2) is 24.2 Å². The SMILES string of the molecule is COC(=O)c1nc(SC)c2nnn([C@@H](C)[C@@H]3CCCN3C(=O)OC(C)(C)C)c2n1. The van der Waals surface area contributed by atoms with E-state index in [4.69, 9.17) is 9.47 Å². The highest BCUT2D eigenvalue weighted by Crippen LogP contribution is 2.31. The van der Waals surface area contributed by atoms with E-state index in [0.29, 0.717) is 22.7 Å². The second-order valence-electron chi connectivity index (χ2n) is 7.88. The van der Waals surface area contributed by atoms with Crippen LogP contribution in [0.25, 0.3) is 11.2 Å². The Bertz CT molecular complexity index is 925. The lowest BCUT2D eigenvalue weighted by molar-refractivity contribution is 0.0185. The molecule has 0 bridgehead atoms. The topological polar surface area (TPSA) is 112 Å². The van der Waals surface area contributed by atoms with Crippen molar-refractivity contribution in [2.75, 3.05) is 19.9 Å². The number of fused-ring (bicyclic) bond motifs is 1. The number of hydrogen-bond acceptors (Lipinski definition) is 9. The minimum absolute atomic E-state index is 0.0458. The zero-order valence-corrected chi connectivity index (χ0v) is 18.3. The van der Waals surface area contributed by atoms with E-state index in [-0.39, 0.29) is 24.0 Å². The predicted octanol–water partition coefficient (Wildman–Crippen LogP) is 2.69. The van der Waals surface area contributed by atoms with Crippen LogP contribution in [0.4, 0.5) is 4.79 Å². The molecule has 2 aromatic heterocycles. The van der Waals surface area contributed by atoms with Crippen molar-refractivity contribution in [2.45, 2.75) is 63.2 Å². The third kappa shape index (κ3) is 4.29. The van der Waals surface area contributed by atoms with Crippen LogP contribution in [-0.2, 0) is 9.47 Å². The summed E-state index contributed by atoms with van der Waals surface area (Å²) in [4.78, 5) is 34.9. The summed E-state index contributed by atoms with van der Waals surface area (Å²) in [7, 11) is 1.28. The summed E-state index contributed by atoms with van der Waals surface area (Å²) in [5.41, 5.74) is 0.385. The summed E-state index contributed by atoms with van der Waals surface area (Å²) < 4.78 is 12.0. The number of hydrogen-bond donors (Lipinski definition) is 0. The van der Waals surface area contributed by atoms with Gasteiger partial charge in [-0.15, -0.1) is 16.9 Å². The number of amides is 1. The number of methoxy groups -OCH3 is 1. The zero-order chi connectivity index (χ0) is 21.3. The molecule has 1 aliphatic heterocycles. The molecule has 1 fully saturated rings. The largest absolute Gasteiger partial charge is 0.463 e. The number of carbonyl (C=O) groups excluding carboxylic acids is 2. The average molecular weight is 423 g/mol. The fraction of sp³-hybridized carbons (Fsp3) is 0.667. The minimum Gasteiger partial charge on any atom is -0.463 e. The Hall–Kier alpha value is -2.43. The van der Waals surface area contributed by atoms with E-state index in [1.807, 2.05) is 34.0 Å². The molecule has 0 aromatic carbocycles. The van der Waals surface area contributed by atoms with E-state index in [9.17, 15) is 9.59 Å². The molecule has 2 aromatic rings. The summed E-state index contributed by atoms with van der Waals surface area (Å²) in [5.74, 6) is -0.672. The molecule has 158 valence electrons. The first-order valence-electron chi connectivity index (χ1n) is 9.41. The van der Waals surface area contributed by atoms with Crippen molar-refractivity contribution in [1.82, 2.24) is 29.9 Å². The van der Waals surface area contributed by atoms with E-state index in [2.05, 4.69) is 20.3 Å². The smallest absolute Gasteiger partial charge is 0.410 e. The summed E-state index contributed by atoms with van der Waals surface area (Å²) in [6.45, 7) is 8.12. The van der Waals surface area contributed by atoms with Crippen LogP contribution in [0.1, 0.15) is 57.2 Å². The van der Waals surface area contributed by atoms with Crippen molar-refractivity contribution >= 4 is 35.0 Å². The average Bonchev–Trinajstić information content (AvgIpc) is 3.31. The van der Waals surface area contributed by atoms with Crippen LogP contribution in [0.5, 0.6) is 0 Å².